The molecule has 0 radical (unpaired) electrons. The molecule has 1 saturated carbocycles. The third-order valence-corrected chi connectivity index (χ3v) is 3.54. The number of carbonyl (C=O) groups is 2. The zero-order valence-electron chi connectivity index (χ0n) is 11.5. The van der Waals surface area contributed by atoms with Crippen LogP contribution >= 0.6 is 0 Å². The van der Waals surface area contributed by atoms with Crippen molar-refractivity contribution in [2.45, 2.75) is 38.1 Å². The van der Waals surface area contributed by atoms with Crippen LogP contribution < -0.4 is 10.6 Å². The van der Waals surface area contributed by atoms with Crippen molar-refractivity contribution in [1.82, 2.24) is 5.32 Å². The SMILES string of the molecule is C=CC(=O)Nc1ccc(C(=O)NC2CCCCC2)cc1. The highest BCUT2D eigenvalue weighted by Crippen LogP contribution is 2.18. The number of benzene rings is 1. The smallest absolute Gasteiger partial charge is 0.251 e. The molecule has 4 nitrogen and oxygen atoms in total. The van der Waals surface area contributed by atoms with Gasteiger partial charge in [-0.15, -0.1) is 0 Å². The first-order chi connectivity index (χ1) is 9.69. The number of rotatable bonds is 4. The fourth-order valence-electron chi connectivity index (χ4n) is 2.41. The summed E-state index contributed by atoms with van der Waals surface area (Å²) in [6.07, 6.45) is 7.00. The van der Waals surface area contributed by atoms with Gasteiger partial charge in [0, 0.05) is 17.3 Å². The molecule has 4 heteroatoms. The Morgan fingerprint density at radius 1 is 1.10 bits per heavy atom. The van der Waals surface area contributed by atoms with Gasteiger partial charge >= 0.3 is 0 Å². The van der Waals surface area contributed by atoms with Gasteiger partial charge in [-0.1, -0.05) is 25.8 Å². The summed E-state index contributed by atoms with van der Waals surface area (Å²) in [7, 11) is 0. The van der Waals surface area contributed by atoms with Crippen LogP contribution in [-0.4, -0.2) is 17.9 Å². The van der Waals surface area contributed by atoms with E-state index in [0.717, 1.165) is 12.8 Å². The Bertz CT molecular complexity index is 488. The Hall–Kier alpha value is -2.10. The summed E-state index contributed by atoms with van der Waals surface area (Å²) in [5.74, 6) is -0.303. The van der Waals surface area contributed by atoms with Gasteiger partial charge in [0.05, 0.1) is 0 Å². The quantitative estimate of drug-likeness (QED) is 0.828. The molecule has 1 fully saturated rings. The van der Waals surface area contributed by atoms with E-state index >= 15 is 0 Å². The molecule has 1 aromatic rings. The molecule has 0 atom stereocenters. The van der Waals surface area contributed by atoms with Gasteiger partial charge in [-0.25, -0.2) is 0 Å². The van der Waals surface area contributed by atoms with Crippen LogP contribution in [0.5, 0.6) is 0 Å². The maximum absolute atomic E-state index is 12.1. The molecule has 2 amide bonds. The molecular formula is C16H20N2O2. The van der Waals surface area contributed by atoms with Crippen LogP contribution in [0.15, 0.2) is 36.9 Å². The molecule has 2 N–H and O–H groups in total. The Morgan fingerprint density at radius 3 is 2.35 bits per heavy atom. The van der Waals surface area contributed by atoms with Gasteiger partial charge < -0.3 is 10.6 Å². The van der Waals surface area contributed by atoms with E-state index in [1.165, 1.54) is 25.3 Å². The lowest BCUT2D eigenvalue weighted by Gasteiger charge is -2.22. The summed E-state index contributed by atoms with van der Waals surface area (Å²) >= 11 is 0. The van der Waals surface area contributed by atoms with Crippen LogP contribution in [0.2, 0.25) is 0 Å². The first-order valence-corrected chi connectivity index (χ1v) is 7.03. The molecule has 1 aliphatic rings. The van der Waals surface area contributed by atoms with E-state index < -0.39 is 0 Å². The van der Waals surface area contributed by atoms with Crippen LogP contribution in [0.25, 0.3) is 0 Å². The molecule has 0 bridgehead atoms. The maximum Gasteiger partial charge on any atom is 0.251 e. The largest absolute Gasteiger partial charge is 0.349 e. The van der Waals surface area contributed by atoms with Crippen molar-refractivity contribution in [3.63, 3.8) is 0 Å². The van der Waals surface area contributed by atoms with Crippen LogP contribution in [0, 0.1) is 0 Å². The fourth-order valence-corrected chi connectivity index (χ4v) is 2.41. The van der Waals surface area contributed by atoms with E-state index in [9.17, 15) is 9.59 Å². The van der Waals surface area contributed by atoms with Gasteiger partial charge in [-0.2, -0.15) is 0 Å². The minimum atomic E-state index is -0.260. The molecule has 0 aliphatic heterocycles. The molecular weight excluding hydrogens is 252 g/mol. The molecule has 0 spiro atoms. The average molecular weight is 272 g/mol. The molecule has 0 heterocycles. The predicted molar refractivity (Wildman–Crippen MR) is 79.6 cm³/mol. The van der Waals surface area contributed by atoms with Crippen molar-refractivity contribution in [3.8, 4) is 0 Å². The molecule has 106 valence electrons. The number of nitrogens with one attached hydrogen (secondary N) is 2. The highest BCUT2D eigenvalue weighted by molar-refractivity contribution is 5.99. The third-order valence-electron chi connectivity index (χ3n) is 3.54. The molecule has 1 aromatic carbocycles. The number of hydrogen-bond acceptors (Lipinski definition) is 2. The maximum atomic E-state index is 12.1. The van der Waals surface area contributed by atoms with Crippen LogP contribution in [0.3, 0.4) is 0 Å². The highest BCUT2D eigenvalue weighted by atomic mass is 16.2. The Labute approximate surface area is 119 Å². The summed E-state index contributed by atoms with van der Waals surface area (Å²) in [4.78, 5) is 23.2. The van der Waals surface area contributed by atoms with E-state index in [4.69, 9.17) is 0 Å². The molecule has 1 aliphatic carbocycles. The van der Waals surface area contributed by atoms with Gasteiger partial charge in [0.15, 0.2) is 0 Å². The zero-order valence-corrected chi connectivity index (χ0v) is 11.5. The van der Waals surface area contributed by atoms with E-state index in [2.05, 4.69) is 17.2 Å². The van der Waals surface area contributed by atoms with Crippen molar-refractivity contribution in [1.29, 1.82) is 0 Å². The van der Waals surface area contributed by atoms with Crippen molar-refractivity contribution in [2.24, 2.45) is 0 Å². The monoisotopic (exact) mass is 272 g/mol. The summed E-state index contributed by atoms with van der Waals surface area (Å²) in [6, 6.07) is 7.18. The topological polar surface area (TPSA) is 58.2 Å². The lowest BCUT2D eigenvalue weighted by Crippen LogP contribution is -2.36. The first kappa shape index (κ1) is 14.3. The van der Waals surface area contributed by atoms with Crippen molar-refractivity contribution in [2.75, 3.05) is 5.32 Å². The van der Waals surface area contributed by atoms with E-state index in [1.54, 1.807) is 24.3 Å². The Kier molecular flexibility index (Phi) is 4.93. The van der Waals surface area contributed by atoms with Crippen LogP contribution in [-0.2, 0) is 4.79 Å². The Morgan fingerprint density at radius 2 is 1.75 bits per heavy atom. The van der Waals surface area contributed by atoms with Gasteiger partial charge in [-0.3, -0.25) is 9.59 Å². The minimum Gasteiger partial charge on any atom is -0.349 e. The van der Waals surface area contributed by atoms with Gasteiger partial charge in [0.2, 0.25) is 5.91 Å². The minimum absolute atomic E-state index is 0.0431. The summed E-state index contributed by atoms with van der Waals surface area (Å²) in [5, 5.41) is 5.71. The second-order valence-electron chi connectivity index (χ2n) is 5.08. The van der Waals surface area contributed by atoms with E-state index in [0.29, 0.717) is 17.3 Å². The normalized spacial score (nSPS) is 15.4. The highest BCUT2D eigenvalue weighted by Gasteiger charge is 2.16. The van der Waals surface area contributed by atoms with Crippen molar-refractivity contribution >= 4 is 17.5 Å². The van der Waals surface area contributed by atoms with E-state index in [1.807, 2.05) is 0 Å². The second kappa shape index (κ2) is 6.89. The molecule has 20 heavy (non-hydrogen) atoms. The number of anilines is 1. The average Bonchev–Trinajstić information content (AvgIpc) is 2.49. The van der Waals surface area contributed by atoms with Crippen molar-refractivity contribution in [3.05, 3.63) is 42.5 Å². The lowest BCUT2D eigenvalue weighted by molar-refractivity contribution is -0.111. The molecule has 0 saturated heterocycles. The van der Waals surface area contributed by atoms with Crippen molar-refractivity contribution < 1.29 is 9.59 Å². The van der Waals surface area contributed by atoms with Crippen LogP contribution in [0.1, 0.15) is 42.5 Å². The third kappa shape index (κ3) is 3.95. The first-order valence-electron chi connectivity index (χ1n) is 7.03. The standard InChI is InChI=1S/C16H20N2O2/c1-2-15(19)17-14-10-8-12(9-11-14)16(20)18-13-6-4-3-5-7-13/h2,8-11,13H,1,3-7H2,(H,17,19)(H,18,20). The zero-order chi connectivity index (χ0) is 14.4. The molecule has 0 unspecified atom stereocenters. The Balaban J connectivity index is 1.92. The number of amides is 2. The van der Waals surface area contributed by atoms with E-state index in [-0.39, 0.29) is 11.8 Å². The molecule has 2 rings (SSSR count). The summed E-state index contributed by atoms with van der Waals surface area (Å²) in [6.45, 7) is 3.39. The summed E-state index contributed by atoms with van der Waals surface area (Å²) < 4.78 is 0. The van der Waals surface area contributed by atoms with Gasteiger partial charge in [-0.05, 0) is 43.2 Å². The summed E-state index contributed by atoms with van der Waals surface area (Å²) in [5.41, 5.74) is 1.27. The molecule has 0 aromatic heterocycles. The van der Waals surface area contributed by atoms with Gasteiger partial charge in [0.25, 0.3) is 5.91 Å². The second-order valence-corrected chi connectivity index (χ2v) is 5.08. The lowest BCUT2D eigenvalue weighted by atomic mass is 9.95. The number of carbonyl (C=O) groups excluding carboxylic acids is 2. The van der Waals surface area contributed by atoms with Crippen LogP contribution in [0.4, 0.5) is 5.69 Å². The van der Waals surface area contributed by atoms with Gasteiger partial charge in [0.1, 0.15) is 0 Å². The fraction of sp³-hybridized carbons (Fsp3) is 0.375. The number of hydrogen-bond donors (Lipinski definition) is 2. The predicted octanol–water partition coefficient (Wildman–Crippen LogP) is 2.87.